The van der Waals surface area contributed by atoms with Gasteiger partial charge in [0.15, 0.2) is 0 Å². The van der Waals surface area contributed by atoms with Crippen LogP contribution in [0.3, 0.4) is 0 Å². The number of rotatable bonds is 14. The number of nitrogens with one attached hydrogen (secondary N) is 1. The second-order valence-electron chi connectivity index (χ2n) is 9.79. The van der Waals surface area contributed by atoms with E-state index in [0.29, 0.717) is 29.4 Å². The Kier molecular flexibility index (Phi) is 11.2. The molecule has 0 aliphatic rings. The first-order chi connectivity index (χ1) is 19.5. The van der Waals surface area contributed by atoms with Crippen molar-refractivity contribution < 1.29 is 27.5 Å². The maximum absolute atomic E-state index is 13.9. The second-order valence-corrected chi connectivity index (χ2v) is 11.7. The number of ether oxygens (including phenoxy) is 2. The summed E-state index contributed by atoms with van der Waals surface area (Å²) in [4.78, 5) is 28.6. The van der Waals surface area contributed by atoms with Crippen LogP contribution in [0.2, 0.25) is 0 Å². The molecule has 2 amide bonds. The lowest BCUT2D eigenvalue weighted by atomic mass is 10.1. The van der Waals surface area contributed by atoms with Crippen LogP contribution in [0.5, 0.6) is 17.2 Å². The number of para-hydroxylation sites is 1. The number of anilines is 1. The SMILES string of the molecule is CC[C@H](C(=O)N[C@@H](C)CC)N(Cc1ccc(OC)cc1)C(=O)CN(c1ccc(Oc2ccccc2)cc1)S(C)(=O)=O. The van der Waals surface area contributed by atoms with Gasteiger partial charge in [-0.3, -0.25) is 13.9 Å². The molecule has 0 heterocycles. The third-order valence-corrected chi connectivity index (χ3v) is 7.82. The van der Waals surface area contributed by atoms with E-state index >= 15 is 0 Å². The van der Waals surface area contributed by atoms with Crippen molar-refractivity contribution in [3.05, 3.63) is 84.4 Å². The average molecular weight is 582 g/mol. The molecule has 220 valence electrons. The van der Waals surface area contributed by atoms with E-state index in [4.69, 9.17) is 9.47 Å². The van der Waals surface area contributed by atoms with Gasteiger partial charge in [-0.2, -0.15) is 0 Å². The zero-order chi connectivity index (χ0) is 30.0. The van der Waals surface area contributed by atoms with Crippen LogP contribution in [-0.2, 0) is 26.2 Å². The van der Waals surface area contributed by atoms with Gasteiger partial charge in [-0.05, 0) is 73.9 Å². The number of carbonyl (C=O) groups is 2. The lowest BCUT2D eigenvalue weighted by molar-refractivity contribution is -0.140. The Morgan fingerprint density at radius 3 is 1.98 bits per heavy atom. The van der Waals surface area contributed by atoms with Crippen LogP contribution >= 0.6 is 0 Å². The Morgan fingerprint density at radius 1 is 0.854 bits per heavy atom. The highest BCUT2D eigenvalue weighted by Crippen LogP contribution is 2.26. The summed E-state index contributed by atoms with van der Waals surface area (Å²) in [6, 6.07) is 22.0. The lowest BCUT2D eigenvalue weighted by Gasteiger charge is -2.33. The van der Waals surface area contributed by atoms with Crippen molar-refractivity contribution in [1.29, 1.82) is 0 Å². The molecule has 0 bridgehead atoms. The van der Waals surface area contributed by atoms with Crippen molar-refractivity contribution in [2.45, 2.75) is 52.2 Å². The van der Waals surface area contributed by atoms with Crippen molar-refractivity contribution in [3.63, 3.8) is 0 Å². The molecular formula is C31H39N3O6S. The first-order valence-corrected chi connectivity index (χ1v) is 15.4. The molecule has 0 radical (unpaired) electrons. The van der Waals surface area contributed by atoms with Crippen molar-refractivity contribution in [2.24, 2.45) is 0 Å². The number of benzene rings is 3. The minimum absolute atomic E-state index is 0.0707. The van der Waals surface area contributed by atoms with Crippen molar-refractivity contribution >= 4 is 27.5 Å². The number of nitrogens with zero attached hydrogens (tertiary/aromatic N) is 2. The molecule has 0 spiro atoms. The van der Waals surface area contributed by atoms with Gasteiger partial charge in [0.05, 0.1) is 19.1 Å². The minimum Gasteiger partial charge on any atom is -0.497 e. The molecule has 0 aromatic heterocycles. The molecule has 0 unspecified atom stereocenters. The van der Waals surface area contributed by atoms with Crippen LogP contribution in [-0.4, -0.2) is 57.1 Å². The van der Waals surface area contributed by atoms with Crippen LogP contribution in [0.4, 0.5) is 5.69 Å². The number of amides is 2. The van der Waals surface area contributed by atoms with Crippen molar-refractivity contribution in [3.8, 4) is 17.2 Å². The first-order valence-electron chi connectivity index (χ1n) is 13.6. The van der Waals surface area contributed by atoms with E-state index in [1.54, 1.807) is 43.5 Å². The molecule has 3 rings (SSSR count). The van der Waals surface area contributed by atoms with E-state index < -0.39 is 28.5 Å². The molecule has 0 aliphatic heterocycles. The maximum atomic E-state index is 13.9. The Balaban J connectivity index is 1.89. The predicted molar refractivity (Wildman–Crippen MR) is 161 cm³/mol. The molecule has 3 aromatic carbocycles. The number of methoxy groups -OCH3 is 1. The highest BCUT2D eigenvalue weighted by atomic mass is 32.2. The largest absolute Gasteiger partial charge is 0.497 e. The van der Waals surface area contributed by atoms with E-state index in [2.05, 4.69) is 5.32 Å². The van der Waals surface area contributed by atoms with Crippen LogP contribution in [0, 0.1) is 0 Å². The van der Waals surface area contributed by atoms with E-state index in [-0.39, 0.29) is 18.5 Å². The number of carbonyl (C=O) groups excluding carboxylic acids is 2. The van der Waals surface area contributed by atoms with Gasteiger partial charge in [-0.15, -0.1) is 0 Å². The lowest BCUT2D eigenvalue weighted by Crippen LogP contribution is -2.53. The Morgan fingerprint density at radius 2 is 1.44 bits per heavy atom. The van der Waals surface area contributed by atoms with Crippen LogP contribution < -0.4 is 19.1 Å². The van der Waals surface area contributed by atoms with Gasteiger partial charge in [0.2, 0.25) is 21.8 Å². The van der Waals surface area contributed by atoms with Gasteiger partial charge in [0, 0.05) is 12.6 Å². The monoisotopic (exact) mass is 581 g/mol. The highest BCUT2D eigenvalue weighted by molar-refractivity contribution is 7.92. The summed E-state index contributed by atoms with van der Waals surface area (Å²) in [5.74, 6) is 1.05. The number of hydrogen-bond donors (Lipinski definition) is 1. The van der Waals surface area contributed by atoms with Crippen molar-refractivity contribution in [2.75, 3.05) is 24.2 Å². The fourth-order valence-electron chi connectivity index (χ4n) is 4.21. The van der Waals surface area contributed by atoms with E-state index in [1.807, 2.05) is 63.2 Å². The zero-order valence-corrected chi connectivity index (χ0v) is 25.1. The average Bonchev–Trinajstić information content (AvgIpc) is 2.96. The predicted octanol–water partition coefficient (Wildman–Crippen LogP) is 4.98. The summed E-state index contributed by atoms with van der Waals surface area (Å²) in [5, 5.41) is 2.96. The van der Waals surface area contributed by atoms with Crippen LogP contribution in [0.1, 0.15) is 39.2 Å². The Hall–Kier alpha value is -4.05. The van der Waals surface area contributed by atoms with E-state index in [9.17, 15) is 18.0 Å². The van der Waals surface area contributed by atoms with Gasteiger partial charge in [-0.1, -0.05) is 44.2 Å². The Labute approximate surface area is 243 Å². The molecule has 10 heteroatoms. The molecule has 0 saturated heterocycles. The third kappa shape index (κ3) is 8.97. The normalized spacial score (nSPS) is 12.6. The van der Waals surface area contributed by atoms with Crippen LogP contribution in [0.15, 0.2) is 78.9 Å². The molecule has 0 fully saturated rings. The molecule has 3 aromatic rings. The first kappa shape index (κ1) is 31.5. The number of hydrogen-bond acceptors (Lipinski definition) is 6. The van der Waals surface area contributed by atoms with Crippen molar-refractivity contribution in [1.82, 2.24) is 10.2 Å². The molecule has 2 atom stereocenters. The van der Waals surface area contributed by atoms with Gasteiger partial charge in [-0.25, -0.2) is 8.42 Å². The van der Waals surface area contributed by atoms with E-state index in [0.717, 1.165) is 22.5 Å². The fraction of sp³-hybridized carbons (Fsp3) is 0.355. The topological polar surface area (TPSA) is 105 Å². The van der Waals surface area contributed by atoms with Gasteiger partial charge < -0.3 is 19.7 Å². The summed E-state index contributed by atoms with van der Waals surface area (Å²) in [6.45, 7) is 5.34. The summed E-state index contributed by atoms with van der Waals surface area (Å²) >= 11 is 0. The number of sulfonamides is 1. The molecular weight excluding hydrogens is 542 g/mol. The summed E-state index contributed by atoms with van der Waals surface area (Å²) in [6.07, 6.45) is 2.14. The molecule has 41 heavy (non-hydrogen) atoms. The maximum Gasteiger partial charge on any atom is 0.244 e. The minimum atomic E-state index is -3.85. The summed E-state index contributed by atoms with van der Waals surface area (Å²) in [5.41, 5.74) is 1.09. The van der Waals surface area contributed by atoms with E-state index in [1.165, 1.54) is 4.90 Å². The summed E-state index contributed by atoms with van der Waals surface area (Å²) in [7, 11) is -2.28. The second kappa shape index (κ2) is 14.5. The zero-order valence-electron chi connectivity index (χ0n) is 24.2. The van der Waals surface area contributed by atoms with Gasteiger partial charge >= 0.3 is 0 Å². The smallest absolute Gasteiger partial charge is 0.244 e. The van der Waals surface area contributed by atoms with Gasteiger partial charge in [0.1, 0.15) is 29.8 Å². The third-order valence-electron chi connectivity index (χ3n) is 6.68. The quantitative estimate of drug-likeness (QED) is 0.288. The standard InChI is InChI=1S/C31H39N3O6S/c1-6-23(3)32-31(36)29(7-2)33(21-24-13-17-26(39-4)18-14-24)30(35)22-34(41(5,37)38)25-15-19-28(20-16-25)40-27-11-9-8-10-12-27/h8-20,23,29H,6-7,21-22H2,1-5H3,(H,32,36)/t23-,29+/m0/s1. The molecule has 0 aliphatic carbocycles. The molecule has 0 saturated carbocycles. The summed E-state index contributed by atoms with van der Waals surface area (Å²) < 4.78 is 37.9. The van der Waals surface area contributed by atoms with Crippen LogP contribution in [0.25, 0.3) is 0 Å². The highest BCUT2D eigenvalue weighted by Gasteiger charge is 2.32. The Bertz CT molecular complexity index is 1380. The molecule has 1 N–H and O–H groups in total. The molecule has 9 nitrogen and oxygen atoms in total. The fourth-order valence-corrected chi connectivity index (χ4v) is 5.06. The van der Waals surface area contributed by atoms with Gasteiger partial charge in [0.25, 0.3) is 0 Å².